The van der Waals surface area contributed by atoms with Crippen molar-refractivity contribution in [3.05, 3.63) is 35.6 Å². The predicted octanol–water partition coefficient (Wildman–Crippen LogP) is 2.40. The van der Waals surface area contributed by atoms with Crippen LogP contribution >= 0.6 is 11.8 Å². The fraction of sp³-hybridized carbons (Fsp3) is 0.167. The SMILES string of the molecule is CC(=NNc1nc(SCC#N)n[nH]1)c1ccc(F)cc1. The van der Waals surface area contributed by atoms with Crippen LogP contribution in [0.2, 0.25) is 0 Å². The molecule has 1 aromatic heterocycles. The second kappa shape index (κ2) is 6.68. The number of anilines is 1. The van der Waals surface area contributed by atoms with E-state index in [0.717, 1.165) is 5.56 Å². The number of nitrogens with one attached hydrogen (secondary N) is 2. The fourth-order valence-corrected chi connectivity index (χ4v) is 1.81. The Morgan fingerprint density at radius 3 is 2.95 bits per heavy atom. The van der Waals surface area contributed by atoms with Crippen LogP contribution in [0.3, 0.4) is 0 Å². The Kier molecular flexibility index (Phi) is 4.68. The van der Waals surface area contributed by atoms with Crippen LogP contribution in [0.15, 0.2) is 34.5 Å². The number of aromatic nitrogens is 3. The lowest BCUT2D eigenvalue weighted by Gasteiger charge is -2.00. The van der Waals surface area contributed by atoms with Gasteiger partial charge in [0.2, 0.25) is 11.1 Å². The average molecular weight is 290 g/mol. The molecule has 1 heterocycles. The smallest absolute Gasteiger partial charge is 0.240 e. The molecular weight excluding hydrogens is 279 g/mol. The first-order chi connectivity index (χ1) is 9.69. The van der Waals surface area contributed by atoms with Crippen molar-refractivity contribution in [2.45, 2.75) is 12.1 Å². The number of hydrazone groups is 1. The topological polar surface area (TPSA) is 89.8 Å². The van der Waals surface area contributed by atoms with Gasteiger partial charge in [-0.15, -0.1) is 5.10 Å². The Bertz CT molecular complexity index is 643. The summed E-state index contributed by atoms with van der Waals surface area (Å²) in [5, 5.41) is 19.6. The van der Waals surface area contributed by atoms with Gasteiger partial charge in [-0.2, -0.15) is 15.3 Å². The number of aromatic amines is 1. The second-order valence-electron chi connectivity index (χ2n) is 3.73. The molecule has 0 saturated heterocycles. The van der Waals surface area contributed by atoms with Gasteiger partial charge in [-0.1, -0.05) is 23.9 Å². The zero-order chi connectivity index (χ0) is 14.4. The number of halogens is 1. The van der Waals surface area contributed by atoms with Gasteiger partial charge in [0.1, 0.15) is 5.82 Å². The Morgan fingerprint density at radius 1 is 1.50 bits per heavy atom. The van der Waals surface area contributed by atoms with Crippen LogP contribution < -0.4 is 5.43 Å². The third-order valence-corrected chi connectivity index (χ3v) is 3.04. The number of hydrogen-bond donors (Lipinski definition) is 2. The number of benzene rings is 1. The van der Waals surface area contributed by atoms with E-state index in [1.54, 1.807) is 19.1 Å². The van der Waals surface area contributed by atoms with Gasteiger partial charge >= 0.3 is 0 Å². The summed E-state index contributed by atoms with van der Waals surface area (Å²) >= 11 is 1.23. The van der Waals surface area contributed by atoms with E-state index in [1.807, 2.05) is 6.07 Å². The predicted molar refractivity (Wildman–Crippen MR) is 75.0 cm³/mol. The monoisotopic (exact) mass is 290 g/mol. The molecule has 0 aliphatic carbocycles. The van der Waals surface area contributed by atoms with Gasteiger partial charge in [0.15, 0.2) is 0 Å². The number of nitriles is 1. The summed E-state index contributed by atoms with van der Waals surface area (Å²) < 4.78 is 12.8. The molecule has 8 heteroatoms. The summed E-state index contributed by atoms with van der Waals surface area (Å²) in [6.45, 7) is 1.79. The van der Waals surface area contributed by atoms with E-state index in [1.165, 1.54) is 23.9 Å². The van der Waals surface area contributed by atoms with Crippen LogP contribution in [0.1, 0.15) is 12.5 Å². The normalized spacial score (nSPS) is 11.2. The standard InChI is InChI=1S/C12H11FN6S/c1-8(9-2-4-10(13)5-3-9)16-17-11-15-12(19-18-11)20-7-6-14/h2-5H,7H2,1H3,(H2,15,17,18,19). The molecule has 0 spiro atoms. The highest BCUT2D eigenvalue weighted by Gasteiger charge is 2.03. The molecule has 0 atom stereocenters. The lowest BCUT2D eigenvalue weighted by molar-refractivity contribution is 0.628. The summed E-state index contributed by atoms with van der Waals surface area (Å²) in [5.74, 6) is 0.380. The summed E-state index contributed by atoms with van der Waals surface area (Å²) in [5.41, 5.74) is 4.21. The summed E-state index contributed by atoms with van der Waals surface area (Å²) in [7, 11) is 0. The molecule has 0 saturated carbocycles. The highest BCUT2D eigenvalue weighted by molar-refractivity contribution is 7.99. The Balaban J connectivity index is 1.99. The van der Waals surface area contributed by atoms with E-state index in [2.05, 4.69) is 25.7 Å². The molecule has 0 aliphatic heterocycles. The molecule has 20 heavy (non-hydrogen) atoms. The van der Waals surface area contributed by atoms with Crippen molar-refractivity contribution >= 4 is 23.4 Å². The molecule has 2 rings (SSSR count). The second-order valence-corrected chi connectivity index (χ2v) is 4.67. The summed E-state index contributed by atoms with van der Waals surface area (Å²) in [4.78, 5) is 4.09. The zero-order valence-electron chi connectivity index (χ0n) is 10.6. The first-order valence-corrected chi connectivity index (χ1v) is 6.66. The van der Waals surface area contributed by atoms with Crippen molar-refractivity contribution < 1.29 is 4.39 Å². The quantitative estimate of drug-likeness (QED) is 0.501. The first-order valence-electron chi connectivity index (χ1n) is 5.67. The molecule has 0 bridgehead atoms. The molecule has 6 nitrogen and oxygen atoms in total. The van der Waals surface area contributed by atoms with E-state index in [-0.39, 0.29) is 11.6 Å². The molecule has 0 aliphatic rings. The van der Waals surface area contributed by atoms with Gasteiger partial charge in [-0.05, 0) is 24.6 Å². The van der Waals surface area contributed by atoms with Crippen molar-refractivity contribution in [3.63, 3.8) is 0 Å². The van der Waals surface area contributed by atoms with Crippen molar-refractivity contribution in [1.82, 2.24) is 15.2 Å². The third-order valence-electron chi connectivity index (χ3n) is 2.32. The lowest BCUT2D eigenvalue weighted by Crippen LogP contribution is -2.00. The maximum atomic E-state index is 12.8. The molecule has 0 fully saturated rings. The molecule has 102 valence electrons. The molecule has 0 unspecified atom stereocenters. The van der Waals surface area contributed by atoms with E-state index in [4.69, 9.17) is 5.26 Å². The van der Waals surface area contributed by atoms with E-state index >= 15 is 0 Å². The fourth-order valence-electron chi connectivity index (χ4n) is 1.35. The van der Waals surface area contributed by atoms with Crippen LogP contribution in [0.25, 0.3) is 0 Å². The average Bonchev–Trinajstić information content (AvgIpc) is 2.91. The number of rotatable bonds is 5. The minimum absolute atomic E-state index is 0.287. The lowest BCUT2D eigenvalue weighted by atomic mass is 10.1. The molecule has 0 radical (unpaired) electrons. The molecule has 0 amide bonds. The highest BCUT2D eigenvalue weighted by Crippen LogP contribution is 2.13. The van der Waals surface area contributed by atoms with Crippen molar-refractivity contribution in [3.8, 4) is 6.07 Å². The molecule has 2 aromatic rings. The molecular formula is C12H11FN6S. The number of H-pyrrole nitrogens is 1. The maximum Gasteiger partial charge on any atom is 0.240 e. The zero-order valence-corrected chi connectivity index (χ0v) is 11.4. The number of nitrogens with zero attached hydrogens (tertiary/aromatic N) is 4. The van der Waals surface area contributed by atoms with Gasteiger partial charge in [0, 0.05) is 0 Å². The highest BCUT2D eigenvalue weighted by atomic mass is 32.2. The summed E-state index contributed by atoms with van der Waals surface area (Å²) in [6, 6.07) is 8.03. The van der Waals surface area contributed by atoms with Crippen molar-refractivity contribution in [2.24, 2.45) is 5.10 Å². The van der Waals surface area contributed by atoms with Gasteiger partial charge in [0.05, 0.1) is 17.5 Å². The molecule has 2 N–H and O–H groups in total. The molecule has 1 aromatic carbocycles. The Hall–Kier alpha value is -2.40. The number of hydrogen-bond acceptors (Lipinski definition) is 6. The van der Waals surface area contributed by atoms with E-state index < -0.39 is 0 Å². The van der Waals surface area contributed by atoms with Gasteiger partial charge in [0.25, 0.3) is 0 Å². The number of thioether (sulfide) groups is 1. The Morgan fingerprint density at radius 2 is 2.25 bits per heavy atom. The van der Waals surface area contributed by atoms with E-state index in [9.17, 15) is 4.39 Å². The van der Waals surface area contributed by atoms with Gasteiger partial charge < -0.3 is 0 Å². The Labute approximate surface area is 119 Å². The van der Waals surface area contributed by atoms with Gasteiger partial charge in [-0.25, -0.2) is 14.9 Å². The third kappa shape index (κ3) is 3.80. The van der Waals surface area contributed by atoms with Crippen LogP contribution in [-0.4, -0.2) is 26.6 Å². The van der Waals surface area contributed by atoms with Crippen LogP contribution in [0, 0.1) is 17.1 Å². The van der Waals surface area contributed by atoms with E-state index in [0.29, 0.717) is 16.8 Å². The minimum Gasteiger partial charge on any atom is -0.245 e. The van der Waals surface area contributed by atoms with Crippen molar-refractivity contribution in [2.75, 3.05) is 11.2 Å². The summed E-state index contributed by atoms with van der Waals surface area (Å²) in [6.07, 6.45) is 0. The minimum atomic E-state index is -0.288. The van der Waals surface area contributed by atoms with Crippen LogP contribution in [0.5, 0.6) is 0 Å². The van der Waals surface area contributed by atoms with Crippen LogP contribution in [0.4, 0.5) is 10.3 Å². The van der Waals surface area contributed by atoms with Crippen molar-refractivity contribution in [1.29, 1.82) is 5.26 Å². The van der Waals surface area contributed by atoms with Crippen LogP contribution in [-0.2, 0) is 0 Å². The first kappa shape index (κ1) is 14.0. The largest absolute Gasteiger partial charge is 0.245 e. The maximum absolute atomic E-state index is 12.8. The van der Waals surface area contributed by atoms with Gasteiger partial charge in [-0.3, -0.25) is 0 Å².